The lowest BCUT2D eigenvalue weighted by molar-refractivity contribution is -0.125. The van der Waals surface area contributed by atoms with Crippen LogP contribution in [0.1, 0.15) is 26.2 Å². The number of ketones is 1. The van der Waals surface area contributed by atoms with Crippen LogP contribution in [-0.2, 0) is 4.79 Å². The second kappa shape index (κ2) is 3.32. The Hall–Kier alpha value is -0.410. The van der Waals surface area contributed by atoms with Gasteiger partial charge in [0.15, 0.2) is 0 Å². The molecular weight excluding hydrogens is 144 g/mol. The van der Waals surface area contributed by atoms with Crippen LogP contribution in [0.3, 0.4) is 0 Å². The van der Waals surface area contributed by atoms with Crippen molar-refractivity contribution in [3.05, 3.63) is 0 Å². The maximum Gasteiger partial charge on any atom is 0.133 e. The number of hydrogen-bond acceptors (Lipinski definition) is 3. The van der Waals surface area contributed by atoms with E-state index in [1.54, 1.807) is 0 Å². The standard InChI is InChI=1S/C8H14O3/c1-5(9)6-2-3-7(10)8(11)4-6/h6-8,10-11H,2-4H2,1H3. The molecule has 11 heavy (non-hydrogen) atoms. The third-order valence-electron chi connectivity index (χ3n) is 2.36. The zero-order valence-electron chi connectivity index (χ0n) is 6.66. The second-order valence-corrected chi connectivity index (χ2v) is 3.26. The van der Waals surface area contributed by atoms with E-state index < -0.39 is 12.2 Å². The smallest absolute Gasteiger partial charge is 0.133 e. The Morgan fingerprint density at radius 2 is 1.91 bits per heavy atom. The summed E-state index contributed by atoms with van der Waals surface area (Å²) in [5, 5.41) is 18.3. The second-order valence-electron chi connectivity index (χ2n) is 3.26. The summed E-state index contributed by atoms with van der Waals surface area (Å²) < 4.78 is 0. The van der Waals surface area contributed by atoms with Gasteiger partial charge in [-0.1, -0.05) is 0 Å². The van der Waals surface area contributed by atoms with Crippen LogP contribution in [0.4, 0.5) is 0 Å². The summed E-state index contributed by atoms with van der Waals surface area (Å²) in [6.07, 6.45) is 0.374. The number of carbonyl (C=O) groups excluding carboxylic acids is 1. The van der Waals surface area contributed by atoms with E-state index in [0.29, 0.717) is 19.3 Å². The predicted molar refractivity (Wildman–Crippen MR) is 40.0 cm³/mol. The highest BCUT2D eigenvalue weighted by atomic mass is 16.3. The summed E-state index contributed by atoms with van der Waals surface area (Å²) in [7, 11) is 0. The van der Waals surface area contributed by atoms with Crippen molar-refractivity contribution in [2.24, 2.45) is 5.92 Å². The summed E-state index contributed by atoms with van der Waals surface area (Å²) >= 11 is 0. The van der Waals surface area contributed by atoms with Crippen LogP contribution in [0.5, 0.6) is 0 Å². The van der Waals surface area contributed by atoms with Gasteiger partial charge in [0.25, 0.3) is 0 Å². The van der Waals surface area contributed by atoms with Gasteiger partial charge in [0.2, 0.25) is 0 Å². The van der Waals surface area contributed by atoms with E-state index in [-0.39, 0.29) is 11.7 Å². The molecule has 0 bridgehead atoms. The van der Waals surface area contributed by atoms with Crippen LogP contribution in [0.2, 0.25) is 0 Å². The molecule has 2 N–H and O–H groups in total. The van der Waals surface area contributed by atoms with Crippen molar-refractivity contribution in [2.75, 3.05) is 0 Å². The maximum atomic E-state index is 10.9. The third-order valence-corrected chi connectivity index (χ3v) is 2.36. The van der Waals surface area contributed by atoms with Crippen molar-refractivity contribution < 1.29 is 15.0 Å². The van der Waals surface area contributed by atoms with Gasteiger partial charge in [-0.15, -0.1) is 0 Å². The van der Waals surface area contributed by atoms with Gasteiger partial charge in [0.1, 0.15) is 5.78 Å². The molecule has 3 nitrogen and oxygen atoms in total. The lowest BCUT2D eigenvalue weighted by Gasteiger charge is -2.28. The number of aliphatic hydroxyl groups is 2. The Bertz CT molecular complexity index is 155. The van der Waals surface area contributed by atoms with E-state index in [9.17, 15) is 9.90 Å². The van der Waals surface area contributed by atoms with Crippen molar-refractivity contribution in [1.82, 2.24) is 0 Å². The number of Topliss-reactive ketones (excluding diaryl/α,β-unsaturated/α-hetero) is 1. The first-order valence-corrected chi connectivity index (χ1v) is 3.98. The van der Waals surface area contributed by atoms with Crippen LogP contribution < -0.4 is 0 Å². The monoisotopic (exact) mass is 158 g/mol. The van der Waals surface area contributed by atoms with E-state index in [1.807, 2.05) is 0 Å². The predicted octanol–water partition coefficient (Wildman–Crippen LogP) is 0.0973. The van der Waals surface area contributed by atoms with E-state index in [1.165, 1.54) is 6.92 Å². The van der Waals surface area contributed by atoms with Crippen molar-refractivity contribution in [3.8, 4) is 0 Å². The molecule has 0 heterocycles. The number of hydrogen-bond donors (Lipinski definition) is 2. The van der Waals surface area contributed by atoms with Crippen LogP contribution in [0, 0.1) is 5.92 Å². The van der Waals surface area contributed by atoms with Crippen LogP contribution >= 0.6 is 0 Å². The molecule has 3 unspecified atom stereocenters. The minimum absolute atomic E-state index is 0.0339. The molecule has 1 fully saturated rings. The SMILES string of the molecule is CC(=O)C1CCC(O)C(O)C1. The zero-order chi connectivity index (χ0) is 8.43. The van der Waals surface area contributed by atoms with Gasteiger partial charge in [-0.2, -0.15) is 0 Å². The van der Waals surface area contributed by atoms with E-state index in [0.717, 1.165) is 0 Å². The fraction of sp³-hybridized carbons (Fsp3) is 0.875. The molecular formula is C8H14O3. The van der Waals surface area contributed by atoms with Crippen LogP contribution in [0.15, 0.2) is 0 Å². The van der Waals surface area contributed by atoms with Crippen molar-refractivity contribution in [3.63, 3.8) is 0 Å². The van der Waals surface area contributed by atoms with Gasteiger partial charge in [-0.25, -0.2) is 0 Å². The van der Waals surface area contributed by atoms with Crippen LogP contribution in [0.25, 0.3) is 0 Å². The Morgan fingerprint density at radius 1 is 1.27 bits per heavy atom. The minimum Gasteiger partial charge on any atom is -0.390 e. The summed E-state index contributed by atoms with van der Waals surface area (Å²) in [5.41, 5.74) is 0. The molecule has 0 aromatic rings. The summed E-state index contributed by atoms with van der Waals surface area (Å²) in [6.45, 7) is 1.54. The van der Waals surface area contributed by atoms with Crippen molar-refractivity contribution >= 4 is 5.78 Å². The molecule has 1 aliphatic carbocycles. The molecule has 0 aromatic heterocycles. The number of rotatable bonds is 1. The zero-order valence-corrected chi connectivity index (χ0v) is 6.66. The third kappa shape index (κ3) is 2.01. The Morgan fingerprint density at radius 3 is 2.36 bits per heavy atom. The van der Waals surface area contributed by atoms with Gasteiger partial charge >= 0.3 is 0 Å². The van der Waals surface area contributed by atoms with Gasteiger partial charge in [-0.3, -0.25) is 4.79 Å². The number of aliphatic hydroxyl groups excluding tert-OH is 2. The molecule has 0 spiro atoms. The molecule has 0 radical (unpaired) electrons. The Kier molecular flexibility index (Phi) is 2.62. The molecule has 3 heteroatoms. The molecule has 1 aliphatic rings. The average molecular weight is 158 g/mol. The van der Waals surface area contributed by atoms with Crippen LogP contribution in [-0.4, -0.2) is 28.2 Å². The Labute approximate surface area is 66.0 Å². The van der Waals surface area contributed by atoms with Crippen molar-refractivity contribution in [1.29, 1.82) is 0 Å². The molecule has 0 amide bonds. The lowest BCUT2D eigenvalue weighted by atomic mass is 9.83. The molecule has 0 saturated heterocycles. The first-order valence-electron chi connectivity index (χ1n) is 3.98. The minimum atomic E-state index is -0.697. The summed E-state index contributed by atoms with van der Waals surface area (Å²) in [5.74, 6) is 0.0874. The molecule has 1 rings (SSSR count). The average Bonchev–Trinajstić information content (AvgIpc) is 1.94. The number of carbonyl (C=O) groups is 1. The van der Waals surface area contributed by atoms with Gasteiger partial charge < -0.3 is 10.2 Å². The van der Waals surface area contributed by atoms with E-state index in [4.69, 9.17) is 5.11 Å². The first kappa shape index (κ1) is 8.68. The molecule has 0 aliphatic heterocycles. The first-order chi connectivity index (χ1) is 5.11. The lowest BCUT2D eigenvalue weighted by Crippen LogP contribution is -2.35. The molecule has 64 valence electrons. The Balaban J connectivity index is 2.46. The fourth-order valence-electron chi connectivity index (χ4n) is 1.50. The van der Waals surface area contributed by atoms with Gasteiger partial charge in [-0.05, 0) is 26.2 Å². The van der Waals surface area contributed by atoms with E-state index >= 15 is 0 Å². The molecule has 3 atom stereocenters. The highest BCUT2D eigenvalue weighted by Gasteiger charge is 2.29. The largest absolute Gasteiger partial charge is 0.390 e. The molecule has 0 aromatic carbocycles. The maximum absolute atomic E-state index is 10.9. The highest BCUT2D eigenvalue weighted by Crippen LogP contribution is 2.24. The summed E-state index contributed by atoms with van der Waals surface area (Å²) in [4.78, 5) is 10.9. The van der Waals surface area contributed by atoms with Crippen molar-refractivity contribution in [2.45, 2.75) is 38.4 Å². The topological polar surface area (TPSA) is 57.5 Å². The fourth-order valence-corrected chi connectivity index (χ4v) is 1.50. The van der Waals surface area contributed by atoms with Gasteiger partial charge in [0.05, 0.1) is 12.2 Å². The van der Waals surface area contributed by atoms with E-state index in [2.05, 4.69) is 0 Å². The highest BCUT2D eigenvalue weighted by molar-refractivity contribution is 5.78. The summed E-state index contributed by atoms with van der Waals surface area (Å²) in [6, 6.07) is 0. The normalized spacial score (nSPS) is 38.6. The quantitative estimate of drug-likeness (QED) is 0.569. The van der Waals surface area contributed by atoms with Gasteiger partial charge in [0, 0.05) is 5.92 Å². The molecule has 1 saturated carbocycles.